The Labute approximate surface area is 135 Å². The Morgan fingerprint density at radius 1 is 1.35 bits per heavy atom. The second-order valence-electron chi connectivity index (χ2n) is 6.93. The third-order valence-electron chi connectivity index (χ3n) is 3.78. The van der Waals surface area contributed by atoms with Crippen molar-refractivity contribution in [3.8, 4) is 0 Å². The van der Waals surface area contributed by atoms with Crippen LogP contribution in [0.2, 0.25) is 0 Å². The summed E-state index contributed by atoms with van der Waals surface area (Å²) < 4.78 is 32.8. The van der Waals surface area contributed by atoms with Crippen molar-refractivity contribution >= 4 is 11.8 Å². The molecule has 1 aromatic rings. The van der Waals surface area contributed by atoms with Gasteiger partial charge in [-0.3, -0.25) is 0 Å². The number of ether oxygens (including phenoxy) is 1. The van der Waals surface area contributed by atoms with Crippen molar-refractivity contribution in [1.82, 2.24) is 4.90 Å². The highest BCUT2D eigenvalue weighted by molar-refractivity contribution is 5.69. The number of benzene rings is 1. The summed E-state index contributed by atoms with van der Waals surface area (Å²) in [6.07, 6.45) is 1.32. The molecule has 1 unspecified atom stereocenters. The molecule has 1 aromatic carbocycles. The van der Waals surface area contributed by atoms with Gasteiger partial charge in [0.25, 0.3) is 0 Å². The summed E-state index contributed by atoms with van der Waals surface area (Å²) in [4.78, 5) is 13.8. The van der Waals surface area contributed by atoms with Gasteiger partial charge < -0.3 is 15.0 Å². The molecule has 128 valence electrons. The second-order valence-corrected chi connectivity index (χ2v) is 6.93. The molecule has 0 aliphatic carbocycles. The highest BCUT2D eigenvalue weighted by Gasteiger charge is 2.32. The highest BCUT2D eigenvalue weighted by atomic mass is 19.1. The van der Waals surface area contributed by atoms with E-state index in [0.717, 1.165) is 25.0 Å². The fourth-order valence-electron chi connectivity index (χ4n) is 2.62. The second kappa shape index (κ2) is 6.72. The topological polar surface area (TPSA) is 41.6 Å². The van der Waals surface area contributed by atoms with Gasteiger partial charge in [0.15, 0.2) is 0 Å². The maximum atomic E-state index is 13.8. The fraction of sp³-hybridized carbons (Fsp3) is 0.588. The molecule has 1 atom stereocenters. The molecular weight excluding hydrogens is 302 g/mol. The summed E-state index contributed by atoms with van der Waals surface area (Å²) in [5.41, 5.74) is -0.169. The Bertz CT molecular complexity index is 585. The number of halogens is 2. The zero-order valence-electron chi connectivity index (χ0n) is 14.1. The monoisotopic (exact) mass is 326 g/mol. The van der Waals surface area contributed by atoms with Crippen LogP contribution in [0.25, 0.3) is 0 Å². The van der Waals surface area contributed by atoms with Crippen molar-refractivity contribution in [2.75, 3.05) is 18.4 Å². The quantitative estimate of drug-likeness (QED) is 0.910. The molecule has 4 nitrogen and oxygen atoms in total. The average molecular weight is 326 g/mol. The van der Waals surface area contributed by atoms with Gasteiger partial charge in [-0.15, -0.1) is 0 Å². The average Bonchev–Trinajstić information content (AvgIpc) is 2.88. The molecule has 0 aromatic heterocycles. The van der Waals surface area contributed by atoms with Gasteiger partial charge in [-0.1, -0.05) is 0 Å². The van der Waals surface area contributed by atoms with Crippen LogP contribution in [0.15, 0.2) is 12.1 Å². The molecular formula is C17H24F2N2O2. The Morgan fingerprint density at radius 2 is 2.04 bits per heavy atom. The number of rotatable bonds is 3. The van der Waals surface area contributed by atoms with Gasteiger partial charge in [-0.2, -0.15) is 0 Å². The zero-order chi connectivity index (χ0) is 17.2. The lowest BCUT2D eigenvalue weighted by molar-refractivity contribution is 0.0235. The van der Waals surface area contributed by atoms with Crippen LogP contribution < -0.4 is 5.32 Å². The molecule has 23 heavy (non-hydrogen) atoms. The largest absolute Gasteiger partial charge is 0.444 e. The first-order valence-electron chi connectivity index (χ1n) is 7.86. The first-order chi connectivity index (χ1) is 10.7. The molecule has 0 bridgehead atoms. The molecule has 1 fully saturated rings. The summed E-state index contributed by atoms with van der Waals surface area (Å²) in [5, 5.41) is 2.91. The minimum absolute atomic E-state index is 0.0892. The molecule has 1 aliphatic heterocycles. The zero-order valence-corrected chi connectivity index (χ0v) is 14.1. The van der Waals surface area contributed by atoms with E-state index in [1.165, 1.54) is 6.92 Å². The summed E-state index contributed by atoms with van der Waals surface area (Å²) in [7, 11) is 0. The number of aryl methyl sites for hydroxylation is 1. The Morgan fingerprint density at radius 3 is 2.70 bits per heavy atom. The van der Waals surface area contributed by atoms with Crippen molar-refractivity contribution < 1.29 is 18.3 Å². The third-order valence-corrected chi connectivity index (χ3v) is 3.78. The van der Waals surface area contributed by atoms with E-state index in [4.69, 9.17) is 4.74 Å². The number of carbonyl (C=O) groups excluding carboxylic acids is 1. The number of hydrogen-bond donors (Lipinski definition) is 1. The van der Waals surface area contributed by atoms with Crippen LogP contribution in [0.4, 0.5) is 19.3 Å². The number of nitrogens with one attached hydrogen (secondary N) is 1. The van der Waals surface area contributed by atoms with E-state index in [-0.39, 0.29) is 23.4 Å². The molecule has 0 saturated carbocycles. The van der Waals surface area contributed by atoms with Crippen molar-refractivity contribution in [2.45, 2.75) is 52.2 Å². The lowest BCUT2D eigenvalue weighted by atomic mass is 10.2. The number of amides is 1. The SMILES string of the molecule is Cc1cc(F)c(NCC2CCCN2C(=O)OC(C)(C)C)cc1F. The van der Waals surface area contributed by atoms with Crippen LogP contribution in [0.1, 0.15) is 39.2 Å². The molecule has 1 N–H and O–H groups in total. The minimum Gasteiger partial charge on any atom is -0.444 e. The van der Waals surface area contributed by atoms with Crippen LogP contribution in [0.5, 0.6) is 0 Å². The van der Waals surface area contributed by atoms with Crippen LogP contribution in [0.3, 0.4) is 0 Å². The van der Waals surface area contributed by atoms with E-state index in [1.54, 1.807) is 4.90 Å². The van der Waals surface area contributed by atoms with Gasteiger partial charge in [0.05, 0.1) is 11.7 Å². The first kappa shape index (κ1) is 17.5. The van der Waals surface area contributed by atoms with Crippen molar-refractivity contribution in [3.05, 3.63) is 29.3 Å². The number of anilines is 1. The number of carbonyl (C=O) groups is 1. The van der Waals surface area contributed by atoms with Gasteiger partial charge in [0, 0.05) is 19.2 Å². The van der Waals surface area contributed by atoms with E-state index in [2.05, 4.69) is 5.32 Å². The molecule has 0 spiro atoms. The van der Waals surface area contributed by atoms with Gasteiger partial charge in [-0.25, -0.2) is 13.6 Å². The van der Waals surface area contributed by atoms with E-state index >= 15 is 0 Å². The molecule has 6 heteroatoms. The number of likely N-dealkylation sites (tertiary alicyclic amines) is 1. The predicted octanol–water partition coefficient (Wildman–Crippen LogP) is 4.08. The molecule has 1 amide bonds. The highest BCUT2D eigenvalue weighted by Crippen LogP contribution is 2.23. The van der Waals surface area contributed by atoms with E-state index < -0.39 is 17.2 Å². The normalized spacial score (nSPS) is 18.2. The summed E-state index contributed by atoms with van der Waals surface area (Å²) >= 11 is 0. The lowest BCUT2D eigenvalue weighted by Crippen LogP contribution is -2.42. The minimum atomic E-state index is -0.552. The molecule has 1 heterocycles. The summed E-state index contributed by atoms with van der Waals surface area (Å²) in [5.74, 6) is -0.949. The Kier molecular flexibility index (Phi) is 5.12. The Hall–Kier alpha value is -1.85. The van der Waals surface area contributed by atoms with Gasteiger partial charge in [0.2, 0.25) is 0 Å². The Balaban J connectivity index is 1.99. The number of nitrogens with zero attached hydrogens (tertiary/aromatic N) is 1. The van der Waals surface area contributed by atoms with Crippen LogP contribution in [-0.4, -0.2) is 35.7 Å². The predicted molar refractivity (Wildman–Crippen MR) is 85.5 cm³/mol. The molecule has 0 radical (unpaired) electrons. The molecule has 2 rings (SSSR count). The first-order valence-corrected chi connectivity index (χ1v) is 7.86. The number of hydrogen-bond acceptors (Lipinski definition) is 3. The lowest BCUT2D eigenvalue weighted by Gasteiger charge is -2.29. The summed E-state index contributed by atoms with van der Waals surface area (Å²) in [6, 6.07) is 2.23. The van der Waals surface area contributed by atoms with E-state index in [9.17, 15) is 13.6 Å². The van der Waals surface area contributed by atoms with E-state index in [0.29, 0.717) is 13.1 Å². The van der Waals surface area contributed by atoms with Crippen molar-refractivity contribution in [3.63, 3.8) is 0 Å². The van der Waals surface area contributed by atoms with Crippen molar-refractivity contribution in [2.24, 2.45) is 0 Å². The van der Waals surface area contributed by atoms with Crippen LogP contribution in [0, 0.1) is 18.6 Å². The summed E-state index contributed by atoms with van der Waals surface area (Å²) in [6.45, 7) is 7.95. The maximum absolute atomic E-state index is 13.8. The smallest absolute Gasteiger partial charge is 0.410 e. The van der Waals surface area contributed by atoms with Crippen molar-refractivity contribution in [1.29, 1.82) is 0 Å². The van der Waals surface area contributed by atoms with Gasteiger partial charge in [-0.05, 0) is 52.2 Å². The molecule has 1 aliphatic rings. The molecule has 1 saturated heterocycles. The van der Waals surface area contributed by atoms with Crippen LogP contribution in [-0.2, 0) is 4.74 Å². The standard InChI is InChI=1S/C17H24F2N2O2/c1-11-8-14(19)15(9-13(11)18)20-10-12-6-5-7-21(12)16(22)23-17(2,3)4/h8-9,12,20H,5-7,10H2,1-4H3. The van der Waals surface area contributed by atoms with E-state index in [1.807, 2.05) is 20.8 Å². The fourth-order valence-corrected chi connectivity index (χ4v) is 2.62. The third kappa shape index (κ3) is 4.56. The van der Waals surface area contributed by atoms with Gasteiger partial charge >= 0.3 is 6.09 Å². The van der Waals surface area contributed by atoms with Gasteiger partial charge in [0.1, 0.15) is 17.2 Å². The maximum Gasteiger partial charge on any atom is 0.410 e. The van der Waals surface area contributed by atoms with Crippen LogP contribution >= 0.6 is 0 Å².